The van der Waals surface area contributed by atoms with Gasteiger partial charge < -0.3 is 16.0 Å². The third-order valence-electron chi connectivity index (χ3n) is 4.69. The van der Waals surface area contributed by atoms with E-state index in [1.165, 1.54) is 43.0 Å². The molecular formula is C25H24FN3O2S2. The lowest BCUT2D eigenvalue weighted by Crippen LogP contribution is -2.24. The molecule has 0 aliphatic heterocycles. The van der Waals surface area contributed by atoms with E-state index in [2.05, 4.69) is 16.0 Å². The van der Waals surface area contributed by atoms with Crippen LogP contribution in [-0.4, -0.2) is 22.1 Å². The summed E-state index contributed by atoms with van der Waals surface area (Å²) in [6.07, 6.45) is 0.631. The number of nitrogens with one attached hydrogen (secondary N) is 3. The van der Waals surface area contributed by atoms with E-state index < -0.39 is 0 Å². The van der Waals surface area contributed by atoms with Gasteiger partial charge in [0.2, 0.25) is 5.91 Å². The predicted octanol–water partition coefficient (Wildman–Crippen LogP) is 6.35. The van der Waals surface area contributed by atoms with Gasteiger partial charge in [-0.05, 0) is 92.3 Å². The molecule has 0 aliphatic carbocycles. The number of hydrogen-bond acceptors (Lipinski definition) is 4. The molecule has 0 spiro atoms. The largest absolute Gasteiger partial charge is 0.332 e. The van der Waals surface area contributed by atoms with E-state index in [4.69, 9.17) is 12.2 Å². The van der Waals surface area contributed by atoms with Gasteiger partial charge in [-0.15, -0.1) is 11.8 Å². The van der Waals surface area contributed by atoms with E-state index >= 15 is 0 Å². The maximum atomic E-state index is 13.1. The number of ketones is 1. The van der Waals surface area contributed by atoms with Crippen LogP contribution in [0.3, 0.4) is 0 Å². The van der Waals surface area contributed by atoms with Crippen molar-refractivity contribution in [1.29, 1.82) is 0 Å². The number of Topliss-reactive ketones (excluding diaryl/α,β-unsaturated/α-hetero) is 1. The van der Waals surface area contributed by atoms with Crippen molar-refractivity contribution in [1.82, 2.24) is 0 Å². The van der Waals surface area contributed by atoms with Crippen LogP contribution >= 0.6 is 24.0 Å². The van der Waals surface area contributed by atoms with E-state index in [-0.39, 0.29) is 22.8 Å². The number of thiocarbonyl (C=S) groups is 1. The van der Waals surface area contributed by atoms with Gasteiger partial charge in [0.15, 0.2) is 10.9 Å². The fourth-order valence-corrected chi connectivity index (χ4v) is 4.22. The minimum atomic E-state index is -0.348. The Hall–Kier alpha value is -3.23. The van der Waals surface area contributed by atoms with E-state index in [9.17, 15) is 14.0 Å². The monoisotopic (exact) mass is 481 g/mol. The highest BCUT2D eigenvalue weighted by molar-refractivity contribution is 8.00. The molecule has 1 atom stereocenters. The van der Waals surface area contributed by atoms with Gasteiger partial charge in [-0.2, -0.15) is 0 Å². The molecule has 5 nitrogen and oxygen atoms in total. The van der Waals surface area contributed by atoms with E-state index in [0.29, 0.717) is 22.8 Å². The number of carbonyl (C=O) groups is 2. The van der Waals surface area contributed by atoms with Gasteiger partial charge in [-0.3, -0.25) is 9.59 Å². The molecule has 170 valence electrons. The number of halogens is 1. The Morgan fingerprint density at radius 2 is 1.52 bits per heavy atom. The molecule has 3 aromatic rings. The number of benzene rings is 3. The van der Waals surface area contributed by atoms with Gasteiger partial charge in [0.05, 0.1) is 5.25 Å². The zero-order chi connectivity index (χ0) is 23.8. The molecule has 3 N–H and O–H groups in total. The number of amides is 1. The number of anilines is 3. The molecule has 1 amide bonds. The van der Waals surface area contributed by atoms with Crippen LogP contribution < -0.4 is 16.0 Å². The minimum Gasteiger partial charge on any atom is -0.332 e. The highest BCUT2D eigenvalue weighted by Gasteiger charge is 2.18. The molecule has 3 rings (SSSR count). The molecule has 8 heteroatoms. The predicted molar refractivity (Wildman–Crippen MR) is 138 cm³/mol. The molecule has 0 bridgehead atoms. The maximum Gasteiger partial charge on any atom is 0.237 e. The second-order valence-electron chi connectivity index (χ2n) is 7.25. The van der Waals surface area contributed by atoms with Crippen LogP contribution in [0.25, 0.3) is 0 Å². The summed E-state index contributed by atoms with van der Waals surface area (Å²) in [6, 6.07) is 20.4. The van der Waals surface area contributed by atoms with Gasteiger partial charge in [0.25, 0.3) is 0 Å². The van der Waals surface area contributed by atoms with Crippen LogP contribution in [-0.2, 0) is 4.79 Å². The topological polar surface area (TPSA) is 70.2 Å². The van der Waals surface area contributed by atoms with Crippen molar-refractivity contribution in [3.8, 4) is 0 Å². The standard InChI is InChI=1S/C25H24FN3O2S2/c1-3-23(24(31)27-19-13-9-18(26)10-14-19)33-22-6-4-5-21(15-22)29-25(32)28-20-11-7-17(8-12-20)16(2)30/h4-15,23H,3H2,1-2H3,(H,27,31)(H2,28,29,32). The molecule has 0 aromatic heterocycles. The SMILES string of the molecule is CCC(Sc1cccc(NC(=S)Nc2ccc(C(C)=O)cc2)c1)C(=O)Nc1ccc(F)cc1. The Morgan fingerprint density at radius 1 is 0.909 bits per heavy atom. The summed E-state index contributed by atoms with van der Waals surface area (Å²) in [4.78, 5) is 25.0. The van der Waals surface area contributed by atoms with Gasteiger partial charge in [-0.25, -0.2) is 4.39 Å². The average molecular weight is 482 g/mol. The molecule has 0 aliphatic rings. The van der Waals surface area contributed by atoms with Crippen LogP contribution in [0.15, 0.2) is 77.7 Å². The molecule has 3 aromatic carbocycles. The molecule has 0 heterocycles. The summed E-state index contributed by atoms with van der Waals surface area (Å²) < 4.78 is 13.1. The lowest BCUT2D eigenvalue weighted by molar-refractivity contribution is -0.115. The van der Waals surface area contributed by atoms with Crippen molar-refractivity contribution in [3.05, 3.63) is 84.2 Å². The minimum absolute atomic E-state index is 0.00768. The number of rotatable bonds is 8. The Morgan fingerprint density at radius 3 is 2.15 bits per heavy atom. The van der Waals surface area contributed by atoms with Crippen molar-refractivity contribution >= 4 is 57.8 Å². The first-order chi connectivity index (χ1) is 15.8. The maximum absolute atomic E-state index is 13.1. The fourth-order valence-electron chi connectivity index (χ4n) is 2.97. The van der Waals surface area contributed by atoms with Gasteiger partial charge in [0, 0.05) is 27.5 Å². The Kier molecular flexibility index (Phi) is 8.57. The van der Waals surface area contributed by atoms with Crippen LogP contribution in [0.5, 0.6) is 0 Å². The van der Waals surface area contributed by atoms with Crippen LogP contribution in [0.4, 0.5) is 21.5 Å². The fraction of sp³-hybridized carbons (Fsp3) is 0.160. The zero-order valence-corrected chi connectivity index (χ0v) is 19.9. The van der Waals surface area contributed by atoms with E-state index in [0.717, 1.165) is 16.3 Å². The Labute approximate surface area is 202 Å². The first-order valence-electron chi connectivity index (χ1n) is 10.4. The van der Waals surface area contributed by atoms with Gasteiger partial charge in [0.1, 0.15) is 5.82 Å². The first-order valence-corrected chi connectivity index (χ1v) is 11.6. The number of hydrogen-bond donors (Lipinski definition) is 3. The third kappa shape index (κ3) is 7.40. The average Bonchev–Trinajstić information content (AvgIpc) is 2.79. The van der Waals surface area contributed by atoms with Crippen LogP contribution in [0, 0.1) is 5.82 Å². The molecule has 1 unspecified atom stereocenters. The summed E-state index contributed by atoms with van der Waals surface area (Å²) in [6.45, 7) is 3.47. The lowest BCUT2D eigenvalue weighted by Gasteiger charge is -2.16. The normalized spacial score (nSPS) is 11.4. The van der Waals surface area contributed by atoms with Crippen molar-refractivity contribution in [3.63, 3.8) is 0 Å². The lowest BCUT2D eigenvalue weighted by atomic mass is 10.1. The molecule has 0 saturated carbocycles. The summed E-state index contributed by atoms with van der Waals surface area (Å²) >= 11 is 6.84. The molecule has 0 fully saturated rings. The quantitative estimate of drug-likeness (QED) is 0.198. The second-order valence-corrected chi connectivity index (χ2v) is 8.94. The van der Waals surface area contributed by atoms with Crippen LogP contribution in [0.1, 0.15) is 30.6 Å². The Balaban J connectivity index is 1.59. The first kappa shape index (κ1) is 24.4. The summed E-state index contributed by atoms with van der Waals surface area (Å²) in [7, 11) is 0. The summed E-state index contributed by atoms with van der Waals surface area (Å²) in [5.41, 5.74) is 2.75. The van der Waals surface area contributed by atoms with Crippen molar-refractivity contribution in [2.24, 2.45) is 0 Å². The second kappa shape index (κ2) is 11.6. The Bertz CT molecular complexity index is 1140. The summed E-state index contributed by atoms with van der Waals surface area (Å²) in [5, 5.41) is 9.16. The van der Waals surface area contributed by atoms with Crippen molar-refractivity contribution in [2.75, 3.05) is 16.0 Å². The summed E-state index contributed by atoms with van der Waals surface area (Å²) in [5.74, 6) is -0.480. The molecule has 0 saturated heterocycles. The van der Waals surface area contributed by atoms with E-state index in [1.54, 1.807) is 24.3 Å². The van der Waals surface area contributed by atoms with Crippen molar-refractivity contribution in [2.45, 2.75) is 30.4 Å². The number of carbonyl (C=O) groups excluding carboxylic acids is 2. The molecule has 0 radical (unpaired) electrons. The van der Waals surface area contributed by atoms with Crippen molar-refractivity contribution < 1.29 is 14.0 Å². The van der Waals surface area contributed by atoms with Crippen LogP contribution in [0.2, 0.25) is 0 Å². The molecule has 33 heavy (non-hydrogen) atoms. The van der Waals surface area contributed by atoms with Gasteiger partial charge in [-0.1, -0.05) is 13.0 Å². The zero-order valence-electron chi connectivity index (χ0n) is 18.2. The highest BCUT2D eigenvalue weighted by atomic mass is 32.2. The highest BCUT2D eigenvalue weighted by Crippen LogP contribution is 2.28. The number of thioether (sulfide) groups is 1. The third-order valence-corrected chi connectivity index (χ3v) is 6.26. The van der Waals surface area contributed by atoms with E-state index in [1.807, 2.05) is 31.2 Å². The smallest absolute Gasteiger partial charge is 0.237 e. The molecular weight excluding hydrogens is 457 g/mol. The van der Waals surface area contributed by atoms with Gasteiger partial charge >= 0.3 is 0 Å².